The average Bonchev–Trinajstić information content (AvgIpc) is 3.51. The number of carbonyl (C=O) groups excluding carboxylic acids is 2. The minimum atomic E-state index is -2.88. The molecule has 0 aliphatic carbocycles. The van der Waals surface area contributed by atoms with Gasteiger partial charge in [0.2, 0.25) is 5.91 Å². The Balaban J connectivity index is 1.71. The lowest BCUT2D eigenvalue weighted by atomic mass is 10.1. The monoisotopic (exact) mass is 490 g/mol. The lowest BCUT2D eigenvalue weighted by Gasteiger charge is -2.10. The number of rotatable bonds is 8. The van der Waals surface area contributed by atoms with Crippen molar-refractivity contribution in [1.29, 1.82) is 0 Å². The van der Waals surface area contributed by atoms with E-state index in [1.807, 2.05) is 0 Å². The van der Waals surface area contributed by atoms with Gasteiger partial charge in [0.15, 0.2) is 0 Å². The van der Waals surface area contributed by atoms with Gasteiger partial charge in [0.05, 0.1) is 23.4 Å². The molecule has 4 aromatic rings. The largest absolute Gasteiger partial charge is 0.464 e. The molecule has 0 saturated carbocycles. The molecule has 0 radical (unpaired) electrons. The minimum Gasteiger partial charge on any atom is -0.464 e. The van der Waals surface area contributed by atoms with E-state index >= 15 is 0 Å². The Hall–Kier alpha value is -4.20. The van der Waals surface area contributed by atoms with Gasteiger partial charge in [0.25, 0.3) is 12.3 Å². The van der Waals surface area contributed by atoms with Gasteiger partial charge < -0.3 is 15.5 Å². The molecule has 34 heavy (non-hydrogen) atoms. The molecule has 0 aliphatic heterocycles. The SMILES string of the molecule is Cc1c([N+](=O)[O-])cnn1CCC(=O)Nc1c(C(N)=O)sc2nc(C(F)F)cc(-c3ccco3)c12. The predicted molar refractivity (Wildman–Crippen MR) is 118 cm³/mol. The molecule has 11 nitrogen and oxygen atoms in total. The molecule has 4 heterocycles. The number of amides is 2. The van der Waals surface area contributed by atoms with Crippen LogP contribution in [-0.4, -0.2) is 31.5 Å². The first-order valence-electron chi connectivity index (χ1n) is 9.73. The Morgan fingerprint density at radius 1 is 1.41 bits per heavy atom. The third-order valence-corrected chi connectivity index (χ3v) is 6.10. The van der Waals surface area contributed by atoms with Crippen molar-refractivity contribution in [1.82, 2.24) is 14.8 Å². The number of nitrogens with one attached hydrogen (secondary N) is 1. The Morgan fingerprint density at radius 2 is 2.18 bits per heavy atom. The molecular weight excluding hydrogens is 474 g/mol. The highest BCUT2D eigenvalue weighted by atomic mass is 32.1. The summed E-state index contributed by atoms with van der Waals surface area (Å²) in [5.74, 6) is -1.19. The van der Waals surface area contributed by atoms with Crippen LogP contribution in [-0.2, 0) is 11.3 Å². The number of hydrogen-bond donors (Lipinski definition) is 2. The summed E-state index contributed by atoms with van der Waals surface area (Å²) in [7, 11) is 0. The quantitative estimate of drug-likeness (QED) is 0.278. The topological polar surface area (TPSA) is 159 Å². The number of alkyl halides is 2. The highest BCUT2D eigenvalue weighted by molar-refractivity contribution is 7.21. The average molecular weight is 490 g/mol. The Labute approximate surface area is 193 Å². The first-order valence-corrected chi connectivity index (χ1v) is 10.5. The normalized spacial score (nSPS) is 11.3. The molecular formula is C20H16F2N6O5S. The fourth-order valence-electron chi connectivity index (χ4n) is 3.40. The number of carbonyl (C=O) groups is 2. The number of fused-ring (bicyclic) bond motifs is 1. The second-order valence-electron chi connectivity index (χ2n) is 7.12. The van der Waals surface area contributed by atoms with Crippen LogP contribution < -0.4 is 11.1 Å². The number of hydrogen-bond acceptors (Lipinski definition) is 8. The maximum Gasteiger partial charge on any atom is 0.309 e. The van der Waals surface area contributed by atoms with Crippen LogP contribution in [0.25, 0.3) is 21.5 Å². The van der Waals surface area contributed by atoms with E-state index in [1.165, 1.54) is 17.9 Å². The summed E-state index contributed by atoms with van der Waals surface area (Å²) >= 11 is 0.773. The Bertz CT molecular complexity index is 1410. The number of aromatic nitrogens is 3. The third-order valence-electron chi connectivity index (χ3n) is 5.00. The van der Waals surface area contributed by atoms with Crippen LogP contribution in [0.2, 0.25) is 0 Å². The highest BCUT2D eigenvalue weighted by Gasteiger charge is 2.26. The third kappa shape index (κ3) is 4.22. The van der Waals surface area contributed by atoms with Crippen LogP contribution in [0.1, 0.15) is 33.9 Å². The predicted octanol–water partition coefficient (Wildman–Crippen LogP) is 4.03. The number of anilines is 1. The molecule has 0 fully saturated rings. The first kappa shape index (κ1) is 23.0. The zero-order chi connectivity index (χ0) is 24.6. The maximum absolute atomic E-state index is 13.4. The van der Waals surface area contributed by atoms with E-state index in [1.54, 1.807) is 12.1 Å². The standard InChI is InChI=1S/C20H16F2N6O5S/c1-9-12(28(31)32)8-24-27(9)5-4-14(29)26-16-15-10(13-3-2-6-33-13)7-11(18(21)22)25-20(15)34-17(16)19(23)30/h2-3,6-8,18H,4-5H2,1H3,(H2,23,30)(H,26,29). The van der Waals surface area contributed by atoms with Gasteiger partial charge in [-0.3, -0.25) is 24.4 Å². The van der Waals surface area contributed by atoms with Crippen molar-refractivity contribution in [3.8, 4) is 11.3 Å². The van der Waals surface area contributed by atoms with Gasteiger partial charge in [-0.1, -0.05) is 0 Å². The van der Waals surface area contributed by atoms with Gasteiger partial charge in [0.1, 0.15) is 33.1 Å². The fraction of sp³-hybridized carbons (Fsp3) is 0.200. The van der Waals surface area contributed by atoms with E-state index in [9.17, 15) is 28.5 Å². The van der Waals surface area contributed by atoms with Gasteiger partial charge >= 0.3 is 5.69 Å². The molecule has 4 aromatic heterocycles. The molecule has 4 rings (SSSR count). The molecule has 0 atom stereocenters. The second kappa shape index (κ2) is 8.97. The van der Waals surface area contributed by atoms with Crippen LogP contribution in [0.3, 0.4) is 0 Å². The number of pyridine rings is 1. The van der Waals surface area contributed by atoms with Crippen LogP contribution >= 0.6 is 11.3 Å². The van der Waals surface area contributed by atoms with Gasteiger partial charge in [0, 0.05) is 17.4 Å². The van der Waals surface area contributed by atoms with Crippen molar-refractivity contribution in [2.24, 2.45) is 5.73 Å². The van der Waals surface area contributed by atoms with Crippen molar-refractivity contribution < 1.29 is 27.7 Å². The number of aryl methyl sites for hydroxylation is 1. The molecule has 0 aliphatic rings. The number of nitrogens with zero attached hydrogens (tertiary/aromatic N) is 4. The second-order valence-corrected chi connectivity index (χ2v) is 8.12. The Kier molecular flexibility index (Phi) is 6.06. The number of nitro groups is 1. The van der Waals surface area contributed by atoms with Gasteiger partial charge in [-0.2, -0.15) is 5.10 Å². The number of nitrogens with two attached hydrogens (primary N) is 1. The van der Waals surface area contributed by atoms with Crippen molar-refractivity contribution in [3.63, 3.8) is 0 Å². The zero-order valence-corrected chi connectivity index (χ0v) is 18.3. The van der Waals surface area contributed by atoms with E-state index in [2.05, 4.69) is 15.4 Å². The summed E-state index contributed by atoms with van der Waals surface area (Å²) in [6, 6.07) is 4.24. The molecule has 3 N–H and O–H groups in total. The van der Waals surface area contributed by atoms with Gasteiger partial charge in [-0.25, -0.2) is 13.8 Å². The van der Waals surface area contributed by atoms with Gasteiger partial charge in [-0.15, -0.1) is 11.3 Å². The van der Waals surface area contributed by atoms with Crippen LogP contribution in [0.15, 0.2) is 35.1 Å². The minimum absolute atomic E-state index is 0.0261. The van der Waals surface area contributed by atoms with E-state index in [0.29, 0.717) is 0 Å². The number of thiophene rings is 1. The smallest absolute Gasteiger partial charge is 0.309 e. The first-order chi connectivity index (χ1) is 16.2. The van der Waals surface area contributed by atoms with Crippen molar-refractivity contribution in [3.05, 3.63) is 57.0 Å². The zero-order valence-electron chi connectivity index (χ0n) is 17.4. The Morgan fingerprint density at radius 3 is 2.76 bits per heavy atom. The molecule has 0 aromatic carbocycles. The van der Waals surface area contributed by atoms with E-state index in [0.717, 1.165) is 23.6 Å². The summed E-state index contributed by atoms with van der Waals surface area (Å²) in [5.41, 5.74) is 5.30. The van der Waals surface area contributed by atoms with Crippen molar-refractivity contribution >= 4 is 44.7 Å². The van der Waals surface area contributed by atoms with Crippen molar-refractivity contribution in [2.75, 3.05) is 5.32 Å². The van der Waals surface area contributed by atoms with Gasteiger partial charge in [-0.05, 0) is 25.1 Å². The maximum atomic E-state index is 13.4. The number of primary amides is 1. The fourth-order valence-corrected chi connectivity index (χ4v) is 4.41. The molecule has 0 unspecified atom stereocenters. The summed E-state index contributed by atoms with van der Waals surface area (Å²) in [6.07, 6.45) is -0.577. The number of halogens is 2. The number of furan rings is 1. The molecule has 0 spiro atoms. The molecule has 0 saturated heterocycles. The van der Waals surface area contributed by atoms with Crippen LogP contribution in [0.4, 0.5) is 20.2 Å². The molecule has 176 valence electrons. The summed E-state index contributed by atoms with van der Waals surface area (Å²) in [5, 5.41) is 17.7. The summed E-state index contributed by atoms with van der Waals surface area (Å²) < 4.78 is 33.6. The summed E-state index contributed by atoms with van der Waals surface area (Å²) in [4.78, 5) is 39.2. The lowest BCUT2D eigenvalue weighted by molar-refractivity contribution is -0.385. The summed E-state index contributed by atoms with van der Waals surface area (Å²) in [6.45, 7) is 1.53. The van der Waals surface area contributed by atoms with Crippen LogP contribution in [0.5, 0.6) is 0 Å². The van der Waals surface area contributed by atoms with E-state index < -0.39 is 28.9 Å². The van der Waals surface area contributed by atoms with Crippen LogP contribution in [0, 0.1) is 17.0 Å². The highest BCUT2D eigenvalue weighted by Crippen LogP contribution is 2.42. The van der Waals surface area contributed by atoms with E-state index in [-0.39, 0.29) is 56.5 Å². The molecule has 2 amide bonds. The molecule has 0 bridgehead atoms. The molecule has 14 heteroatoms. The van der Waals surface area contributed by atoms with E-state index in [4.69, 9.17) is 10.2 Å². The van der Waals surface area contributed by atoms with Crippen molar-refractivity contribution in [2.45, 2.75) is 26.3 Å². The lowest BCUT2D eigenvalue weighted by Crippen LogP contribution is -2.18.